The molecule has 1 aromatic heterocycles. The summed E-state index contributed by atoms with van der Waals surface area (Å²) in [6.07, 6.45) is 2.37. The molecule has 1 saturated heterocycles. The van der Waals surface area contributed by atoms with Gasteiger partial charge in [0.1, 0.15) is 5.15 Å². The van der Waals surface area contributed by atoms with Crippen molar-refractivity contribution in [3.05, 3.63) is 57.8 Å². The molecule has 1 amide bonds. The molecule has 2 aromatic rings. The second kappa shape index (κ2) is 8.42. The lowest BCUT2D eigenvalue weighted by atomic mass is 10.0. The Morgan fingerprint density at radius 2 is 2.08 bits per heavy atom. The fourth-order valence-electron chi connectivity index (χ4n) is 2.72. The number of rotatable bonds is 3. The second-order valence-electron chi connectivity index (χ2n) is 6.26. The van der Waals surface area contributed by atoms with Crippen LogP contribution in [0.4, 0.5) is 5.69 Å². The number of para-hydroxylation sites is 1. The minimum absolute atomic E-state index is 0.163. The van der Waals surface area contributed by atoms with Crippen molar-refractivity contribution in [2.24, 2.45) is 4.99 Å². The molecule has 0 saturated carbocycles. The van der Waals surface area contributed by atoms with Crippen LogP contribution in [0.1, 0.15) is 42.1 Å². The average molecular weight is 408 g/mol. The summed E-state index contributed by atoms with van der Waals surface area (Å²) >= 11 is 13.5. The molecular weight excluding hydrogens is 389 g/mol. The lowest BCUT2D eigenvalue weighted by Gasteiger charge is -2.28. The Bertz CT molecular complexity index is 854. The molecule has 0 spiro atoms. The van der Waals surface area contributed by atoms with E-state index in [0.29, 0.717) is 23.2 Å². The Hall–Kier alpha value is -1.56. The maximum atomic E-state index is 13.0. The molecular formula is C19H19Cl2N3OS. The Balaban J connectivity index is 1.95. The third-order valence-electron chi connectivity index (χ3n) is 4.05. The number of aliphatic imine (C=N–C) groups is 1. The lowest BCUT2D eigenvalue weighted by molar-refractivity contribution is 0.0849. The predicted octanol–water partition coefficient (Wildman–Crippen LogP) is 5.78. The number of nitrogens with zero attached hydrogens (tertiary/aromatic N) is 3. The van der Waals surface area contributed by atoms with Crippen LogP contribution in [0.15, 0.2) is 41.5 Å². The fourth-order valence-corrected chi connectivity index (χ4v) is 3.93. The summed E-state index contributed by atoms with van der Waals surface area (Å²) in [6.45, 7) is 4.89. The molecule has 2 heterocycles. The highest BCUT2D eigenvalue weighted by atomic mass is 35.5. The zero-order valence-electron chi connectivity index (χ0n) is 14.6. The van der Waals surface area contributed by atoms with Gasteiger partial charge in [0.2, 0.25) is 0 Å². The molecule has 0 radical (unpaired) electrons. The minimum atomic E-state index is -0.163. The van der Waals surface area contributed by atoms with Crippen LogP contribution in [0.2, 0.25) is 10.2 Å². The summed E-state index contributed by atoms with van der Waals surface area (Å²) in [5.41, 5.74) is 2.47. The second-order valence-corrected chi connectivity index (χ2v) is 8.09. The van der Waals surface area contributed by atoms with E-state index in [1.807, 2.05) is 18.2 Å². The van der Waals surface area contributed by atoms with E-state index in [0.717, 1.165) is 23.4 Å². The Morgan fingerprint density at radius 1 is 1.31 bits per heavy atom. The molecule has 4 nitrogen and oxygen atoms in total. The van der Waals surface area contributed by atoms with Gasteiger partial charge in [-0.05, 0) is 30.0 Å². The van der Waals surface area contributed by atoms with E-state index in [9.17, 15) is 4.79 Å². The van der Waals surface area contributed by atoms with Gasteiger partial charge >= 0.3 is 0 Å². The highest BCUT2D eigenvalue weighted by Crippen LogP contribution is 2.30. The molecule has 1 aliphatic rings. The van der Waals surface area contributed by atoms with E-state index >= 15 is 0 Å². The van der Waals surface area contributed by atoms with Gasteiger partial charge in [-0.1, -0.05) is 67.0 Å². The quantitative estimate of drug-likeness (QED) is 0.605. The first kappa shape index (κ1) is 19.2. The molecule has 26 heavy (non-hydrogen) atoms. The van der Waals surface area contributed by atoms with Gasteiger partial charge in [-0.2, -0.15) is 0 Å². The maximum Gasteiger partial charge on any atom is 0.261 e. The minimum Gasteiger partial charge on any atom is -0.287 e. The highest BCUT2D eigenvalue weighted by Gasteiger charge is 2.26. The third kappa shape index (κ3) is 4.22. The molecule has 7 heteroatoms. The zero-order valence-corrected chi connectivity index (χ0v) is 16.9. The molecule has 136 valence electrons. The summed E-state index contributed by atoms with van der Waals surface area (Å²) in [7, 11) is 0. The van der Waals surface area contributed by atoms with Crippen molar-refractivity contribution in [3.8, 4) is 0 Å². The van der Waals surface area contributed by atoms with Crippen molar-refractivity contribution in [2.45, 2.75) is 26.2 Å². The number of carbonyl (C=O) groups excluding carboxylic acids is 1. The number of hydrogen-bond donors (Lipinski definition) is 0. The molecule has 0 unspecified atom stereocenters. The summed E-state index contributed by atoms with van der Waals surface area (Å²) in [4.78, 5) is 23.5. The van der Waals surface area contributed by atoms with Crippen molar-refractivity contribution >= 4 is 51.7 Å². The largest absolute Gasteiger partial charge is 0.287 e. The number of halogens is 2. The first-order valence-corrected chi connectivity index (χ1v) is 10.1. The van der Waals surface area contributed by atoms with Crippen molar-refractivity contribution in [1.29, 1.82) is 0 Å². The van der Waals surface area contributed by atoms with Crippen LogP contribution < -0.4 is 0 Å². The van der Waals surface area contributed by atoms with Crippen LogP contribution in [-0.2, 0) is 0 Å². The third-order valence-corrected chi connectivity index (χ3v) is 5.80. The molecule has 0 bridgehead atoms. The van der Waals surface area contributed by atoms with Gasteiger partial charge in [0, 0.05) is 18.5 Å². The van der Waals surface area contributed by atoms with E-state index in [1.54, 1.807) is 22.7 Å². The van der Waals surface area contributed by atoms with Crippen molar-refractivity contribution in [2.75, 3.05) is 12.3 Å². The number of thioether (sulfide) groups is 1. The topological polar surface area (TPSA) is 45.6 Å². The number of pyridine rings is 1. The standard InChI is InChI=1S/C19H19Cl2N3OS/c1-12(2)14-6-3-4-7-16(14)23-19-24(8-5-9-26-19)18(25)13-10-15(20)17(21)22-11-13/h3-4,6-7,10-12H,5,8-9H2,1-2H3. The van der Waals surface area contributed by atoms with Crippen molar-refractivity contribution in [3.63, 3.8) is 0 Å². The molecule has 0 atom stereocenters. The summed E-state index contributed by atoms with van der Waals surface area (Å²) in [6, 6.07) is 9.59. The van der Waals surface area contributed by atoms with Gasteiger partial charge < -0.3 is 0 Å². The van der Waals surface area contributed by atoms with E-state index < -0.39 is 0 Å². The highest BCUT2D eigenvalue weighted by molar-refractivity contribution is 8.13. The van der Waals surface area contributed by atoms with Crippen molar-refractivity contribution in [1.82, 2.24) is 9.88 Å². The Morgan fingerprint density at radius 3 is 2.81 bits per heavy atom. The summed E-state index contributed by atoms with van der Waals surface area (Å²) in [5, 5.41) is 1.17. The van der Waals surface area contributed by atoms with E-state index in [1.165, 1.54) is 6.20 Å². The van der Waals surface area contributed by atoms with Crippen LogP contribution in [0, 0.1) is 0 Å². The van der Waals surface area contributed by atoms with E-state index in [2.05, 4.69) is 24.9 Å². The number of benzene rings is 1. The molecule has 1 aromatic carbocycles. The lowest BCUT2D eigenvalue weighted by Crippen LogP contribution is -2.39. The monoisotopic (exact) mass is 407 g/mol. The van der Waals surface area contributed by atoms with Crippen LogP contribution in [0.25, 0.3) is 0 Å². The van der Waals surface area contributed by atoms with Gasteiger partial charge in [-0.15, -0.1) is 0 Å². The maximum absolute atomic E-state index is 13.0. The van der Waals surface area contributed by atoms with Gasteiger partial charge in [-0.25, -0.2) is 9.98 Å². The van der Waals surface area contributed by atoms with E-state index in [4.69, 9.17) is 28.2 Å². The Labute approximate surface area is 167 Å². The Kier molecular flexibility index (Phi) is 6.22. The van der Waals surface area contributed by atoms with Gasteiger partial charge in [0.15, 0.2) is 5.17 Å². The SMILES string of the molecule is CC(C)c1ccccc1N=C1SCCCN1C(=O)c1cnc(Cl)c(Cl)c1. The molecule has 0 aliphatic carbocycles. The van der Waals surface area contributed by atoms with Gasteiger partial charge in [-0.3, -0.25) is 9.69 Å². The zero-order chi connectivity index (χ0) is 18.7. The summed E-state index contributed by atoms with van der Waals surface area (Å²) in [5.74, 6) is 1.13. The van der Waals surface area contributed by atoms with Crippen LogP contribution in [0.5, 0.6) is 0 Å². The van der Waals surface area contributed by atoms with Gasteiger partial charge in [0.25, 0.3) is 5.91 Å². The number of amidine groups is 1. The number of hydrogen-bond acceptors (Lipinski definition) is 4. The average Bonchev–Trinajstić information content (AvgIpc) is 2.64. The molecule has 1 fully saturated rings. The summed E-state index contributed by atoms with van der Waals surface area (Å²) < 4.78 is 0. The van der Waals surface area contributed by atoms with Crippen LogP contribution >= 0.6 is 35.0 Å². The van der Waals surface area contributed by atoms with E-state index in [-0.39, 0.29) is 16.1 Å². The first-order valence-electron chi connectivity index (χ1n) is 8.40. The molecule has 3 rings (SSSR count). The first-order chi connectivity index (χ1) is 12.5. The normalized spacial score (nSPS) is 16.3. The van der Waals surface area contributed by atoms with Crippen molar-refractivity contribution < 1.29 is 4.79 Å². The molecule has 0 N–H and O–H groups in total. The van der Waals surface area contributed by atoms with Gasteiger partial charge in [0.05, 0.1) is 16.3 Å². The number of aromatic nitrogens is 1. The number of amides is 1. The number of carbonyl (C=O) groups is 1. The fraction of sp³-hybridized carbons (Fsp3) is 0.316. The predicted molar refractivity (Wildman–Crippen MR) is 110 cm³/mol. The van der Waals surface area contributed by atoms with Crippen LogP contribution in [0.3, 0.4) is 0 Å². The van der Waals surface area contributed by atoms with Crippen LogP contribution in [-0.4, -0.2) is 33.3 Å². The smallest absolute Gasteiger partial charge is 0.261 e. The molecule has 1 aliphatic heterocycles.